The largest absolute Gasteiger partial charge is 0.444 e. The molecule has 0 unspecified atom stereocenters. The Morgan fingerprint density at radius 1 is 1.36 bits per heavy atom. The van der Waals surface area contributed by atoms with Crippen molar-refractivity contribution in [1.29, 1.82) is 0 Å². The third-order valence-electron chi connectivity index (χ3n) is 4.16. The third-order valence-corrected chi connectivity index (χ3v) is 4.16. The van der Waals surface area contributed by atoms with E-state index in [9.17, 15) is 4.79 Å². The Morgan fingerprint density at radius 2 is 2.18 bits per heavy atom. The average molecular weight is 301 g/mol. The van der Waals surface area contributed by atoms with E-state index in [-0.39, 0.29) is 5.91 Å². The van der Waals surface area contributed by atoms with Gasteiger partial charge in [0, 0.05) is 31.0 Å². The first-order valence-corrected chi connectivity index (χ1v) is 7.32. The normalized spacial score (nSPS) is 17.1. The number of anilines is 1. The number of nitrogens with one attached hydrogen (secondary N) is 1. The molecule has 0 atom stereocenters. The van der Waals surface area contributed by atoms with Gasteiger partial charge in [0.2, 0.25) is 5.91 Å². The van der Waals surface area contributed by atoms with Gasteiger partial charge in [0.15, 0.2) is 12.2 Å². The molecule has 1 aromatic heterocycles. The summed E-state index contributed by atoms with van der Waals surface area (Å²) in [6, 6.07) is 7.49. The molecular weight excluding hydrogens is 282 g/mol. The number of amides is 1. The van der Waals surface area contributed by atoms with Crippen molar-refractivity contribution in [1.82, 2.24) is 4.98 Å². The lowest BCUT2D eigenvalue weighted by molar-refractivity contribution is -0.130. The van der Waals surface area contributed by atoms with E-state index < -0.39 is 5.41 Å². The zero-order valence-corrected chi connectivity index (χ0v) is 12.2. The van der Waals surface area contributed by atoms with Crippen LogP contribution in [0, 0.1) is 5.41 Å². The van der Waals surface area contributed by atoms with Crippen molar-refractivity contribution < 1.29 is 13.9 Å². The summed E-state index contributed by atoms with van der Waals surface area (Å²) in [5.41, 5.74) is 6.90. The van der Waals surface area contributed by atoms with E-state index in [2.05, 4.69) is 10.3 Å². The highest BCUT2D eigenvalue weighted by atomic mass is 16.5. The van der Waals surface area contributed by atoms with Gasteiger partial charge >= 0.3 is 0 Å². The van der Waals surface area contributed by atoms with E-state index in [0.29, 0.717) is 38.4 Å². The van der Waals surface area contributed by atoms with Crippen LogP contribution in [0.2, 0.25) is 0 Å². The molecule has 0 radical (unpaired) electrons. The zero-order valence-electron chi connectivity index (χ0n) is 12.2. The molecule has 0 spiro atoms. The van der Waals surface area contributed by atoms with Crippen LogP contribution in [-0.4, -0.2) is 30.6 Å². The fourth-order valence-electron chi connectivity index (χ4n) is 2.66. The van der Waals surface area contributed by atoms with Crippen LogP contribution < -0.4 is 11.1 Å². The molecule has 3 N–H and O–H groups in total. The van der Waals surface area contributed by atoms with E-state index in [0.717, 1.165) is 11.3 Å². The SMILES string of the molecule is NCC1(C(=O)Nc2cccc(-c3cnco3)c2)CCOCC1. The Labute approximate surface area is 128 Å². The predicted molar refractivity (Wildman–Crippen MR) is 82.1 cm³/mol. The van der Waals surface area contributed by atoms with Crippen molar-refractivity contribution in [2.24, 2.45) is 11.1 Å². The summed E-state index contributed by atoms with van der Waals surface area (Å²) >= 11 is 0. The van der Waals surface area contributed by atoms with Crippen LogP contribution in [0.25, 0.3) is 11.3 Å². The summed E-state index contributed by atoms with van der Waals surface area (Å²) in [7, 11) is 0. The second-order valence-electron chi connectivity index (χ2n) is 5.50. The van der Waals surface area contributed by atoms with Crippen molar-refractivity contribution in [3.8, 4) is 11.3 Å². The van der Waals surface area contributed by atoms with Gasteiger partial charge in [-0.15, -0.1) is 0 Å². The molecule has 0 bridgehead atoms. The molecule has 1 amide bonds. The summed E-state index contributed by atoms with van der Waals surface area (Å²) in [6.07, 6.45) is 4.32. The molecule has 3 rings (SSSR count). The fourth-order valence-corrected chi connectivity index (χ4v) is 2.66. The first-order chi connectivity index (χ1) is 10.7. The van der Waals surface area contributed by atoms with Gasteiger partial charge in [0.25, 0.3) is 0 Å². The maximum atomic E-state index is 12.6. The molecule has 1 aromatic carbocycles. The maximum absolute atomic E-state index is 12.6. The number of aromatic nitrogens is 1. The number of carbonyl (C=O) groups is 1. The molecule has 1 aliphatic rings. The molecule has 2 aromatic rings. The van der Waals surface area contributed by atoms with Crippen molar-refractivity contribution in [3.05, 3.63) is 36.9 Å². The zero-order chi connectivity index (χ0) is 15.4. The number of oxazole rings is 1. The number of rotatable bonds is 4. The lowest BCUT2D eigenvalue weighted by Gasteiger charge is -2.34. The van der Waals surface area contributed by atoms with Crippen LogP contribution in [-0.2, 0) is 9.53 Å². The number of carbonyl (C=O) groups excluding carboxylic acids is 1. The number of hydrogen-bond donors (Lipinski definition) is 2. The van der Waals surface area contributed by atoms with Gasteiger partial charge in [0.05, 0.1) is 11.6 Å². The summed E-state index contributed by atoms with van der Waals surface area (Å²) in [5, 5.41) is 2.97. The van der Waals surface area contributed by atoms with Gasteiger partial charge < -0.3 is 20.2 Å². The number of hydrogen-bond acceptors (Lipinski definition) is 5. The third kappa shape index (κ3) is 2.88. The van der Waals surface area contributed by atoms with Crippen LogP contribution in [0.5, 0.6) is 0 Å². The van der Waals surface area contributed by atoms with Crippen LogP contribution in [0.3, 0.4) is 0 Å². The molecule has 1 aliphatic heterocycles. The molecule has 6 heteroatoms. The van der Waals surface area contributed by atoms with Crippen molar-refractivity contribution in [2.75, 3.05) is 25.1 Å². The Bertz CT molecular complexity index is 634. The van der Waals surface area contributed by atoms with Crippen molar-refractivity contribution in [3.63, 3.8) is 0 Å². The highest BCUT2D eigenvalue weighted by molar-refractivity contribution is 5.96. The highest BCUT2D eigenvalue weighted by Gasteiger charge is 2.38. The van der Waals surface area contributed by atoms with E-state index in [1.165, 1.54) is 6.39 Å². The van der Waals surface area contributed by atoms with Crippen LogP contribution in [0.1, 0.15) is 12.8 Å². The molecule has 1 saturated heterocycles. The average Bonchev–Trinajstić information content (AvgIpc) is 3.10. The number of nitrogens with two attached hydrogens (primary N) is 1. The van der Waals surface area contributed by atoms with E-state index in [1.807, 2.05) is 24.3 Å². The molecule has 22 heavy (non-hydrogen) atoms. The monoisotopic (exact) mass is 301 g/mol. The van der Waals surface area contributed by atoms with Crippen LogP contribution >= 0.6 is 0 Å². The topological polar surface area (TPSA) is 90.4 Å². The fraction of sp³-hybridized carbons (Fsp3) is 0.375. The van der Waals surface area contributed by atoms with Gasteiger partial charge in [-0.2, -0.15) is 0 Å². The standard InChI is InChI=1S/C16H19N3O3/c17-10-16(4-6-21-7-5-16)15(20)19-13-3-1-2-12(8-13)14-9-18-11-22-14/h1-3,8-9,11H,4-7,10,17H2,(H,19,20). The molecule has 0 saturated carbocycles. The van der Waals surface area contributed by atoms with Crippen molar-refractivity contribution in [2.45, 2.75) is 12.8 Å². The molecule has 0 aliphatic carbocycles. The van der Waals surface area contributed by atoms with Crippen LogP contribution in [0.15, 0.2) is 41.3 Å². The maximum Gasteiger partial charge on any atom is 0.232 e. The highest BCUT2D eigenvalue weighted by Crippen LogP contribution is 2.31. The van der Waals surface area contributed by atoms with Gasteiger partial charge in [-0.05, 0) is 25.0 Å². The van der Waals surface area contributed by atoms with Gasteiger partial charge in [0.1, 0.15) is 0 Å². The van der Waals surface area contributed by atoms with Gasteiger partial charge in [-0.1, -0.05) is 12.1 Å². The smallest absolute Gasteiger partial charge is 0.232 e. The van der Waals surface area contributed by atoms with E-state index in [1.54, 1.807) is 6.20 Å². The molecular formula is C16H19N3O3. The summed E-state index contributed by atoms with van der Waals surface area (Å²) < 4.78 is 10.6. The summed E-state index contributed by atoms with van der Waals surface area (Å²) in [6.45, 7) is 1.47. The second-order valence-corrected chi connectivity index (χ2v) is 5.50. The minimum atomic E-state index is -0.541. The van der Waals surface area contributed by atoms with E-state index in [4.69, 9.17) is 14.9 Å². The van der Waals surface area contributed by atoms with Gasteiger partial charge in [-0.25, -0.2) is 4.98 Å². The number of benzene rings is 1. The number of ether oxygens (including phenoxy) is 1. The minimum absolute atomic E-state index is 0.0481. The van der Waals surface area contributed by atoms with E-state index >= 15 is 0 Å². The Kier molecular flexibility index (Phi) is 4.22. The van der Waals surface area contributed by atoms with Crippen LogP contribution in [0.4, 0.5) is 5.69 Å². The Morgan fingerprint density at radius 3 is 2.86 bits per heavy atom. The number of nitrogens with zero attached hydrogens (tertiary/aromatic N) is 1. The molecule has 116 valence electrons. The predicted octanol–water partition coefficient (Wildman–Crippen LogP) is 2.04. The minimum Gasteiger partial charge on any atom is -0.444 e. The first-order valence-electron chi connectivity index (χ1n) is 7.32. The van der Waals surface area contributed by atoms with Crippen molar-refractivity contribution >= 4 is 11.6 Å². The lowest BCUT2D eigenvalue weighted by atomic mass is 9.79. The summed E-state index contributed by atoms with van der Waals surface area (Å²) in [5.74, 6) is 0.615. The Balaban J connectivity index is 1.78. The quantitative estimate of drug-likeness (QED) is 0.901. The molecule has 2 heterocycles. The van der Waals surface area contributed by atoms with Gasteiger partial charge in [-0.3, -0.25) is 4.79 Å². The Hall–Kier alpha value is -2.18. The molecule has 6 nitrogen and oxygen atoms in total. The first kappa shape index (κ1) is 14.7. The lowest BCUT2D eigenvalue weighted by Crippen LogP contribution is -2.46. The second kappa shape index (κ2) is 6.29. The molecule has 1 fully saturated rings. The summed E-state index contributed by atoms with van der Waals surface area (Å²) in [4.78, 5) is 16.5.